The van der Waals surface area contributed by atoms with E-state index in [0.29, 0.717) is 0 Å². The number of nitrogens with zero attached hydrogens (tertiary/aromatic N) is 2. The van der Waals surface area contributed by atoms with Crippen LogP contribution in [0.25, 0.3) is 10.9 Å². The summed E-state index contributed by atoms with van der Waals surface area (Å²) in [5.41, 5.74) is 5.45. The molecule has 0 radical (unpaired) electrons. The van der Waals surface area contributed by atoms with Crippen LogP contribution in [0.4, 0.5) is 0 Å². The SMILES string of the molecule is CC(=O)NN1CCN(CCc2c[nH]c3ccccc23)CC1. The molecule has 21 heavy (non-hydrogen) atoms. The van der Waals surface area contributed by atoms with Gasteiger partial charge in [0.25, 0.3) is 0 Å². The largest absolute Gasteiger partial charge is 0.361 e. The molecule has 0 spiro atoms. The second-order valence-corrected chi connectivity index (χ2v) is 5.61. The summed E-state index contributed by atoms with van der Waals surface area (Å²) >= 11 is 0. The number of carbonyl (C=O) groups is 1. The predicted molar refractivity (Wildman–Crippen MR) is 83.8 cm³/mol. The maximum Gasteiger partial charge on any atom is 0.231 e. The summed E-state index contributed by atoms with van der Waals surface area (Å²) in [5.74, 6) is 0.0160. The van der Waals surface area contributed by atoms with E-state index in [1.165, 1.54) is 16.5 Å². The van der Waals surface area contributed by atoms with Gasteiger partial charge in [-0.3, -0.25) is 10.2 Å². The summed E-state index contributed by atoms with van der Waals surface area (Å²) in [4.78, 5) is 16.8. The maximum absolute atomic E-state index is 11.0. The highest BCUT2D eigenvalue weighted by Crippen LogP contribution is 2.18. The van der Waals surface area contributed by atoms with Gasteiger partial charge in [-0.05, 0) is 18.1 Å². The Bertz CT molecular complexity index is 614. The molecule has 112 valence electrons. The van der Waals surface area contributed by atoms with Crippen molar-refractivity contribution >= 4 is 16.8 Å². The van der Waals surface area contributed by atoms with Crippen LogP contribution in [0.5, 0.6) is 0 Å². The molecule has 0 saturated carbocycles. The Kier molecular flexibility index (Phi) is 4.22. The molecular weight excluding hydrogens is 264 g/mol. The summed E-state index contributed by atoms with van der Waals surface area (Å²) in [6.45, 7) is 6.42. The van der Waals surface area contributed by atoms with Crippen LogP contribution in [-0.2, 0) is 11.2 Å². The molecule has 1 aromatic heterocycles. The molecule has 0 aliphatic carbocycles. The lowest BCUT2D eigenvalue weighted by Gasteiger charge is -2.34. The Labute approximate surface area is 124 Å². The molecule has 2 N–H and O–H groups in total. The molecule has 3 rings (SSSR count). The number of carbonyl (C=O) groups excluding carboxylic acids is 1. The number of H-pyrrole nitrogens is 1. The molecule has 0 atom stereocenters. The van der Waals surface area contributed by atoms with E-state index in [9.17, 15) is 4.79 Å². The van der Waals surface area contributed by atoms with Gasteiger partial charge in [0.15, 0.2) is 0 Å². The van der Waals surface area contributed by atoms with Crippen molar-refractivity contribution in [3.05, 3.63) is 36.0 Å². The van der Waals surface area contributed by atoms with Crippen LogP contribution >= 0.6 is 0 Å². The van der Waals surface area contributed by atoms with Crippen LogP contribution in [-0.4, -0.2) is 53.5 Å². The lowest BCUT2D eigenvalue weighted by atomic mass is 10.1. The molecule has 1 aliphatic rings. The van der Waals surface area contributed by atoms with Crippen LogP contribution in [0, 0.1) is 0 Å². The summed E-state index contributed by atoms with van der Waals surface area (Å²) in [6, 6.07) is 8.44. The molecule has 2 heterocycles. The van der Waals surface area contributed by atoms with Crippen LogP contribution in [0.2, 0.25) is 0 Å². The van der Waals surface area contributed by atoms with Crippen molar-refractivity contribution in [1.82, 2.24) is 20.3 Å². The zero-order chi connectivity index (χ0) is 14.7. The molecule has 5 heteroatoms. The van der Waals surface area contributed by atoms with E-state index < -0.39 is 0 Å². The quantitative estimate of drug-likeness (QED) is 0.893. The monoisotopic (exact) mass is 286 g/mol. The molecule has 1 saturated heterocycles. The van der Waals surface area contributed by atoms with E-state index >= 15 is 0 Å². The number of aromatic nitrogens is 1. The number of aromatic amines is 1. The molecule has 5 nitrogen and oxygen atoms in total. The van der Waals surface area contributed by atoms with Gasteiger partial charge in [-0.15, -0.1) is 0 Å². The fraction of sp³-hybridized carbons (Fsp3) is 0.438. The zero-order valence-corrected chi connectivity index (χ0v) is 12.4. The van der Waals surface area contributed by atoms with Gasteiger partial charge in [-0.1, -0.05) is 18.2 Å². The first-order valence-corrected chi connectivity index (χ1v) is 7.52. The fourth-order valence-corrected chi connectivity index (χ4v) is 2.92. The van der Waals surface area contributed by atoms with Crippen LogP contribution < -0.4 is 5.43 Å². The minimum atomic E-state index is 0.0160. The maximum atomic E-state index is 11.0. The van der Waals surface area contributed by atoms with Gasteiger partial charge in [0.1, 0.15) is 0 Å². The third kappa shape index (κ3) is 3.43. The number of para-hydroxylation sites is 1. The number of amides is 1. The van der Waals surface area contributed by atoms with E-state index in [1.807, 2.05) is 5.01 Å². The first-order chi connectivity index (χ1) is 10.2. The van der Waals surface area contributed by atoms with Crippen molar-refractivity contribution in [1.29, 1.82) is 0 Å². The zero-order valence-electron chi connectivity index (χ0n) is 12.4. The van der Waals surface area contributed by atoms with Gasteiger partial charge in [0.2, 0.25) is 5.91 Å². The average Bonchev–Trinajstić information content (AvgIpc) is 2.89. The fourth-order valence-electron chi connectivity index (χ4n) is 2.92. The summed E-state index contributed by atoms with van der Waals surface area (Å²) in [6.07, 6.45) is 3.18. The standard InChI is InChI=1S/C16H22N4O/c1-13(21)18-20-10-8-19(9-11-20)7-6-14-12-17-16-5-3-2-4-15(14)16/h2-5,12,17H,6-11H2,1H3,(H,18,21). The highest BCUT2D eigenvalue weighted by Gasteiger charge is 2.17. The predicted octanol–water partition coefficient (Wildman–Crippen LogP) is 1.38. The molecule has 1 aliphatic heterocycles. The summed E-state index contributed by atoms with van der Waals surface area (Å²) < 4.78 is 0. The Morgan fingerprint density at radius 2 is 2.00 bits per heavy atom. The van der Waals surface area contributed by atoms with Gasteiger partial charge in [0, 0.05) is 56.7 Å². The summed E-state index contributed by atoms with van der Waals surface area (Å²) in [7, 11) is 0. The van der Waals surface area contributed by atoms with Gasteiger partial charge in [-0.25, -0.2) is 5.01 Å². The smallest absolute Gasteiger partial charge is 0.231 e. The number of nitrogens with one attached hydrogen (secondary N) is 2. The van der Waals surface area contributed by atoms with E-state index in [0.717, 1.165) is 39.1 Å². The molecular formula is C16H22N4O. The first kappa shape index (κ1) is 14.1. The Morgan fingerprint density at radius 1 is 1.24 bits per heavy atom. The van der Waals surface area contributed by atoms with Crippen LogP contribution in [0.1, 0.15) is 12.5 Å². The lowest BCUT2D eigenvalue weighted by Crippen LogP contribution is -2.53. The van der Waals surface area contributed by atoms with Crippen molar-refractivity contribution in [3.8, 4) is 0 Å². The summed E-state index contributed by atoms with van der Waals surface area (Å²) in [5, 5.41) is 3.33. The third-order valence-electron chi connectivity index (χ3n) is 4.06. The molecule has 1 aromatic carbocycles. The Balaban J connectivity index is 1.51. The highest BCUT2D eigenvalue weighted by molar-refractivity contribution is 5.83. The number of hydrazine groups is 1. The Morgan fingerprint density at radius 3 is 2.76 bits per heavy atom. The minimum absolute atomic E-state index is 0.0160. The topological polar surface area (TPSA) is 51.4 Å². The van der Waals surface area contributed by atoms with Crippen molar-refractivity contribution in [2.24, 2.45) is 0 Å². The van der Waals surface area contributed by atoms with Gasteiger partial charge >= 0.3 is 0 Å². The Hall–Kier alpha value is -1.85. The first-order valence-electron chi connectivity index (χ1n) is 7.52. The third-order valence-corrected chi connectivity index (χ3v) is 4.06. The van der Waals surface area contributed by atoms with Gasteiger partial charge < -0.3 is 9.88 Å². The molecule has 0 bridgehead atoms. The second kappa shape index (κ2) is 6.28. The average molecular weight is 286 g/mol. The highest BCUT2D eigenvalue weighted by atomic mass is 16.2. The van der Waals surface area contributed by atoms with Crippen molar-refractivity contribution in [2.45, 2.75) is 13.3 Å². The van der Waals surface area contributed by atoms with Gasteiger partial charge in [-0.2, -0.15) is 0 Å². The molecule has 2 aromatic rings. The number of piperazine rings is 1. The van der Waals surface area contributed by atoms with Gasteiger partial charge in [0.05, 0.1) is 0 Å². The molecule has 1 fully saturated rings. The molecule has 1 amide bonds. The lowest BCUT2D eigenvalue weighted by molar-refractivity contribution is -0.124. The second-order valence-electron chi connectivity index (χ2n) is 5.61. The number of hydrogen-bond acceptors (Lipinski definition) is 3. The van der Waals surface area contributed by atoms with E-state index in [4.69, 9.17) is 0 Å². The number of fused-ring (bicyclic) bond motifs is 1. The van der Waals surface area contributed by atoms with Crippen molar-refractivity contribution < 1.29 is 4.79 Å². The van der Waals surface area contributed by atoms with Crippen LogP contribution in [0.3, 0.4) is 0 Å². The number of benzene rings is 1. The normalized spacial score (nSPS) is 17.2. The van der Waals surface area contributed by atoms with Crippen molar-refractivity contribution in [3.63, 3.8) is 0 Å². The minimum Gasteiger partial charge on any atom is -0.361 e. The van der Waals surface area contributed by atoms with Crippen LogP contribution in [0.15, 0.2) is 30.5 Å². The van der Waals surface area contributed by atoms with E-state index in [1.54, 1.807) is 6.92 Å². The molecule has 0 unspecified atom stereocenters. The van der Waals surface area contributed by atoms with E-state index in [-0.39, 0.29) is 5.91 Å². The number of rotatable bonds is 4. The number of hydrogen-bond donors (Lipinski definition) is 2. The van der Waals surface area contributed by atoms with E-state index in [2.05, 4.69) is 45.8 Å². The van der Waals surface area contributed by atoms with Crippen molar-refractivity contribution in [2.75, 3.05) is 32.7 Å².